The number of hydrogen-bond donors (Lipinski definition) is 1. The molecule has 0 aromatic carbocycles. The van der Waals surface area contributed by atoms with Crippen LogP contribution in [0.15, 0.2) is 12.2 Å². The second kappa shape index (κ2) is 5.77. The van der Waals surface area contributed by atoms with Crippen LogP contribution in [0.5, 0.6) is 0 Å². The summed E-state index contributed by atoms with van der Waals surface area (Å²) in [5, 5.41) is 3.69. The molecule has 1 rings (SSSR count). The van der Waals surface area contributed by atoms with E-state index in [1.54, 1.807) is 0 Å². The van der Waals surface area contributed by atoms with E-state index < -0.39 is 0 Å². The van der Waals surface area contributed by atoms with Crippen LogP contribution in [0.3, 0.4) is 0 Å². The van der Waals surface area contributed by atoms with Crippen LogP contribution < -0.4 is 5.32 Å². The molecule has 1 aliphatic carbocycles. The fraction of sp³-hybridized carbons (Fsp3) is 0.882. The number of hydrogen-bond acceptors (Lipinski definition) is 1. The Morgan fingerprint density at radius 1 is 1.28 bits per heavy atom. The van der Waals surface area contributed by atoms with Gasteiger partial charge in [0.15, 0.2) is 0 Å². The summed E-state index contributed by atoms with van der Waals surface area (Å²) < 4.78 is 0. The van der Waals surface area contributed by atoms with Crippen molar-refractivity contribution in [3.8, 4) is 0 Å². The van der Waals surface area contributed by atoms with E-state index >= 15 is 0 Å². The highest BCUT2D eigenvalue weighted by atomic mass is 14.9. The summed E-state index contributed by atoms with van der Waals surface area (Å²) >= 11 is 0. The molecule has 2 atom stereocenters. The normalized spacial score (nSPS) is 28.1. The van der Waals surface area contributed by atoms with Gasteiger partial charge in [0.2, 0.25) is 0 Å². The molecule has 0 spiro atoms. The lowest BCUT2D eigenvalue weighted by molar-refractivity contribution is 0.111. The minimum Gasteiger partial charge on any atom is -0.312 e. The standard InChI is InChI=1S/C17H33N/c1-13(2)10-15-11-17(6,7)9-8-14(15)12-18-16(3,4)5/h14-15,18H,1,8-12H2,2-7H3. The third kappa shape index (κ3) is 5.56. The van der Waals surface area contributed by atoms with Gasteiger partial charge in [0, 0.05) is 5.54 Å². The molecular formula is C17H33N. The summed E-state index contributed by atoms with van der Waals surface area (Å²) in [6, 6.07) is 0. The molecule has 1 N–H and O–H groups in total. The van der Waals surface area contributed by atoms with E-state index in [0.29, 0.717) is 5.41 Å². The van der Waals surface area contributed by atoms with Gasteiger partial charge in [-0.1, -0.05) is 19.4 Å². The molecule has 106 valence electrons. The molecule has 0 saturated heterocycles. The van der Waals surface area contributed by atoms with E-state index in [0.717, 1.165) is 18.4 Å². The maximum Gasteiger partial charge on any atom is 0.00966 e. The van der Waals surface area contributed by atoms with Crippen molar-refractivity contribution in [3.63, 3.8) is 0 Å². The Labute approximate surface area is 114 Å². The highest BCUT2D eigenvalue weighted by Crippen LogP contribution is 2.43. The third-order valence-electron chi connectivity index (χ3n) is 4.18. The van der Waals surface area contributed by atoms with Crippen molar-refractivity contribution in [1.82, 2.24) is 5.32 Å². The topological polar surface area (TPSA) is 12.0 Å². The predicted octanol–water partition coefficient (Wildman–Crippen LogP) is 4.78. The van der Waals surface area contributed by atoms with Gasteiger partial charge < -0.3 is 5.32 Å². The summed E-state index contributed by atoms with van der Waals surface area (Å²) in [5.41, 5.74) is 2.11. The SMILES string of the molecule is C=C(C)CC1CC(C)(C)CCC1CNC(C)(C)C. The Morgan fingerprint density at radius 2 is 1.89 bits per heavy atom. The first kappa shape index (κ1) is 15.8. The fourth-order valence-corrected chi connectivity index (χ4v) is 3.18. The van der Waals surface area contributed by atoms with E-state index in [1.165, 1.54) is 31.3 Å². The summed E-state index contributed by atoms with van der Waals surface area (Å²) in [6.45, 7) is 19.1. The summed E-state index contributed by atoms with van der Waals surface area (Å²) in [4.78, 5) is 0. The van der Waals surface area contributed by atoms with Crippen molar-refractivity contribution in [1.29, 1.82) is 0 Å². The van der Waals surface area contributed by atoms with Crippen molar-refractivity contribution in [3.05, 3.63) is 12.2 Å². The van der Waals surface area contributed by atoms with E-state index in [9.17, 15) is 0 Å². The lowest BCUT2D eigenvalue weighted by atomic mass is 9.65. The van der Waals surface area contributed by atoms with Crippen LogP contribution in [-0.2, 0) is 0 Å². The zero-order valence-electron chi connectivity index (χ0n) is 13.4. The average Bonchev–Trinajstić information content (AvgIpc) is 2.12. The number of allylic oxidation sites excluding steroid dienone is 1. The Bertz CT molecular complexity index is 282. The number of rotatable bonds is 4. The smallest absolute Gasteiger partial charge is 0.00966 e. The van der Waals surface area contributed by atoms with Gasteiger partial charge in [-0.15, -0.1) is 6.58 Å². The molecule has 1 aliphatic rings. The van der Waals surface area contributed by atoms with Crippen molar-refractivity contribution in [2.45, 2.75) is 72.8 Å². The van der Waals surface area contributed by atoms with Crippen molar-refractivity contribution < 1.29 is 0 Å². The molecule has 1 saturated carbocycles. The van der Waals surface area contributed by atoms with Crippen LogP contribution in [0, 0.1) is 17.3 Å². The van der Waals surface area contributed by atoms with Gasteiger partial charge in [-0.05, 0) is 77.2 Å². The van der Waals surface area contributed by atoms with Crippen LogP contribution in [0.2, 0.25) is 0 Å². The Hall–Kier alpha value is -0.300. The van der Waals surface area contributed by atoms with Crippen molar-refractivity contribution >= 4 is 0 Å². The summed E-state index contributed by atoms with van der Waals surface area (Å²) in [6.07, 6.45) is 5.31. The molecule has 0 aromatic heterocycles. The van der Waals surface area contributed by atoms with Gasteiger partial charge in [0.1, 0.15) is 0 Å². The van der Waals surface area contributed by atoms with Gasteiger partial charge >= 0.3 is 0 Å². The Balaban J connectivity index is 2.60. The van der Waals surface area contributed by atoms with Crippen molar-refractivity contribution in [2.75, 3.05) is 6.54 Å². The zero-order valence-corrected chi connectivity index (χ0v) is 13.4. The minimum absolute atomic E-state index is 0.237. The molecule has 18 heavy (non-hydrogen) atoms. The molecule has 0 radical (unpaired) electrons. The highest BCUT2D eigenvalue weighted by Gasteiger charge is 2.34. The van der Waals surface area contributed by atoms with Gasteiger partial charge in [0.05, 0.1) is 0 Å². The molecule has 2 unspecified atom stereocenters. The Kier molecular flexibility index (Phi) is 5.05. The first-order valence-corrected chi connectivity index (χ1v) is 7.48. The second-order valence-electron chi connectivity index (χ2n) is 8.22. The van der Waals surface area contributed by atoms with Crippen LogP contribution in [0.4, 0.5) is 0 Å². The fourth-order valence-electron chi connectivity index (χ4n) is 3.18. The van der Waals surface area contributed by atoms with Crippen LogP contribution in [0.1, 0.15) is 67.2 Å². The van der Waals surface area contributed by atoms with E-state index in [1.807, 2.05) is 0 Å². The summed E-state index contributed by atoms with van der Waals surface area (Å²) in [7, 11) is 0. The van der Waals surface area contributed by atoms with Gasteiger partial charge in [-0.25, -0.2) is 0 Å². The van der Waals surface area contributed by atoms with E-state index in [-0.39, 0.29) is 5.54 Å². The van der Waals surface area contributed by atoms with Crippen molar-refractivity contribution in [2.24, 2.45) is 17.3 Å². The second-order valence-corrected chi connectivity index (χ2v) is 8.22. The highest BCUT2D eigenvalue weighted by molar-refractivity contribution is 4.96. The molecule has 0 aliphatic heterocycles. The largest absolute Gasteiger partial charge is 0.312 e. The molecule has 0 heterocycles. The molecule has 1 heteroatoms. The Morgan fingerprint density at radius 3 is 2.39 bits per heavy atom. The van der Waals surface area contributed by atoms with E-state index in [4.69, 9.17) is 0 Å². The van der Waals surface area contributed by atoms with Gasteiger partial charge in [-0.2, -0.15) is 0 Å². The molecule has 0 bridgehead atoms. The third-order valence-corrected chi connectivity index (χ3v) is 4.18. The lowest BCUT2D eigenvalue weighted by Crippen LogP contribution is -2.43. The maximum atomic E-state index is 4.12. The molecule has 0 amide bonds. The molecule has 1 nitrogen and oxygen atoms in total. The van der Waals surface area contributed by atoms with Crippen LogP contribution in [-0.4, -0.2) is 12.1 Å². The van der Waals surface area contributed by atoms with Crippen LogP contribution in [0.25, 0.3) is 0 Å². The number of nitrogens with one attached hydrogen (secondary N) is 1. The first-order chi connectivity index (χ1) is 8.09. The van der Waals surface area contributed by atoms with Gasteiger partial charge in [0.25, 0.3) is 0 Å². The quantitative estimate of drug-likeness (QED) is 0.709. The molecule has 1 fully saturated rings. The predicted molar refractivity (Wildman–Crippen MR) is 81.8 cm³/mol. The lowest BCUT2D eigenvalue weighted by Gasteiger charge is -2.42. The molecular weight excluding hydrogens is 218 g/mol. The van der Waals surface area contributed by atoms with Gasteiger partial charge in [-0.3, -0.25) is 0 Å². The van der Waals surface area contributed by atoms with E-state index in [2.05, 4.69) is 53.4 Å². The zero-order chi connectivity index (χ0) is 14.0. The minimum atomic E-state index is 0.237. The van der Waals surface area contributed by atoms with Crippen LogP contribution >= 0.6 is 0 Å². The first-order valence-electron chi connectivity index (χ1n) is 7.48. The summed E-state index contributed by atoms with van der Waals surface area (Å²) in [5.74, 6) is 1.65. The molecule has 0 aromatic rings. The monoisotopic (exact) mass is 251 g/mol. The average molecular weight is 251 g/mol. The maximum absolute atomic E-state index is 4.12.